The number of carbonyl (C=O) groups excluding carboxylic acids is 2. The van der Waals surface area contributed by atoms with Crippen molar-refractivity contribution in [2.24, 2.45) is 13.0 Å². The van der Waals surface area contributed by atoms with E-state index in [1.807, 2.05) is 16.6 Å². The van der Waals surface area contributed by atoms with Crippen LogP contribution >= 0.6 is 0 Å². The van der Waals surface area contributed by atoms with Crippen LogP contribution in [-0.2, 0) is 29.6 Å². The number of hydrogen-bond donors (Lipinski definition) is 0. The normalized spacial score (nSPS) is 18.7. The van der Waals surface area contributed by atoms with E-state index in [0.717, 1.165) is 56.5 Å². The Morgan fingerprint density at radius 2 is 1.85 bits per heavy atom. The van der Waals surface area contributed by atoms with Gasteiger partial charge in [-0.25, -0.2) is 0 Å². The highest BCUT2D eigenvalue weighted by Gasteiger charge is 2.43. The molecule has 1 spiro atoms. The first-order chi connectivity index (χ1) is 12.8. The number of ether oxygens (including phenoxy) is 1. The van der Waals surface area contributed by atoms with E-state index in [2.05, 4.69) is 18.9 Å². The summed E-state index contributed by atoms with van der Waals surface area (Å²) < 4.78 is 8.13. The molecule has 1 saturated heterocycles. The molecule has 7 heteroatoms. The smallest absolute Gasteiger partial charge is 0.274 e. The fourth-order valence-electron chi connectivity index (χ4n) is 4.29. The molecule has 0 atom stereocenters. The monoisotopic (exact) mass is 376 g/mol. The molecule has 0 aliphatic carbocycles. The molecule has 0 unspecified atom stereocenters. The number of hydrogen-bond acceptors (Lipinski definition) is 4. The Balaban J connectivity index is 1.72. The number of rotatable bonds is 4. The first-order valence-corrected chi connectivity index (χ1v) is 10.0. The fourth-order valence-corrected chi connectivity index (χ4v) is 4.29. The third-order valence-electron chi connectivity index (χ3n) is 6.22. The molecule has 3 rings (SSSR count). The van der Waals surface area contributed by atoms with Crippen LogP contribution in [0.4, 0.5) is 0 Å². The Hall–Kier alpha value is -1.89. The lowest BCUT2D eigenvalue weighted by atomic mass is 9.83. The average Bonchev–Trinajstić information content (AvgIpc) is 2.98. The highest BCUT2D eigenvalue weighted by atomic mass is 16.5. The second-order valence-electron chi connectivity index (χ2n) is 8.08. The van der Waals surface area contributed by atoms with E-state index in [-0.39, 0.29) is 23.3 Å². The molecule has 27 heavy (non-hydrogen) atoms. The standard InChI is InChI=1S/C20H32N4O3/c1-6-14(7-2)18(25)24-10-8-20(9-11-24)12-16-15(13-27-20)17(21-23(16)5)19(26)22(3)4/h14H,6-13H2,1-5H3. The summed E-state index contributed by atoms with van der Waals surface area (Å²) in [6, 6.07) is 0. The third kappa shape index (κ3) is 3.61. The zero-order valence-electron chi connectivity index (χ0n) is 17.2. The van der Waals surface area contributed by atoms with Crippen LogP contribution in [0.3, 0.4) is 0 Å². The molecular weight excluding hydrogens is 344 g/mol. The summed E-state index contributed by atoms with van der Waals surface area (Å²) in [7, 11) is 5.37. The quantitative estimate of drug-likeness (QED) is 0.806. The summed E-state index contributed by atoms with van der Waals surface area (Å²) in [5.74, 6) is 0.331. The van der Waals surface area contributed by atoms with Crippen molar-refractivity contribution in [3.05, 3.63) is 17.0 Å². The molecule has 3 heterocycles. The number of carbonyl (C=O) groups is 2. The van der Waals surface area contributed by atoms with Gasteiger partial charge in [-0.15, -0.1) is 0 Å². The van der Waals surface area contributed by atoms with E-state index < -0.39 is 0 Å². The van der Waals surface area contributed by atoms with Crippen LogP contribution in [0.15, 0.2) is 0 Å². The highest BCUT2D eigenvalue weighted by Crippen LogP contribution is 2.37. The molecule has 1 aromatic heterocycles. The van der Waals surface area contributed by atoms with Crippen molar-refractivity contribution in [1.82, 2.24) is 19.6 Å². The minimum absolute atomic E-state index is 0.0861. The van der Waals surface area contributed by atoms with Gasteiger partial charge in [-0.05, 0) is 25.7 Å². The molecule has 2 amide bonds. The van der Waals surface area contributed by atoms with E-state index in [4.69, 9.17) is 4.74 Å². The van der Waals surface area contributed by atoms with Gasteiger partial charge in [0.15, 0.2) is 5.69 Å². The Labute approximate surface area is 161 Å². The molecule has 1 fully saturated rings. The number of piperidine rings is 1. The van der Waals surface area contributed by atoms with Crippen LogP contribution in [0.5, 0.6) is 0 Å². The molecule has 7 nitrogen and oxygen atoms in total. The maximum atomic E-state index is 12.7. The molecule has 0 radical (unpaired) electrons. The van der Waals surface area contributed by atoms with Crippen molar-refractivity contribution >= 4 is 11.8 Å². The average molecular weight is 377 g/mol. The number of aromatic nitrogens is 2. The zero-order valence-corrected chi connectivity index (χ0v) is 17.2. The van der Waals surface area contributed by atoms with Crippen LogP contribution in [0, 0.1) is 5.92 Å². The predicted molar refractivity (Wildman–Crippen MR) is 102 cm³/mol. The van der Waals surface area contributed by atoms with E-state index in [1.54, 1.807) is 19.0 Å². The van der Waals surface area contributed by atoms with E-state index in [1.165, 1.54) is 0 Å². The number of amides is 2. The molecule has 0 saturated carbocycles. The van der Waals surface area contributed by atoms with Gasteiger partial charge in [0.2, 0.25) is 5.91 Å². The van der Waals surface area contributed by atoms with Crippen LogP contribution in [0.25, 0.3) is 0 Å². The van der Waals surface area contributed by atoms with Crippen LogP contribution in [0.2, 0.25) is 0 Å². The summed E-state index contributed by atoms with van der Waals surface area (Å²) in [6.07, 6.45) is 4.21. The largest absolute Gasteiger partial charge is 0.370 e. The van der Waals surface area contributed by atoms with Gasteiger partial charge in [0.05, 0.1) is 12.2 Å². The minimum atomic E-state index is -0.246. The highest BCUT2D eigenvalue weighted by molar-refractivity contribution is 5.93. The first-order valence-electron chi connectivity index (χ1n) is 10.0. The molecule has 0 bridgehead atoms. The van der Waals surface area contributed by atoms with Crippen LogP contribution in [-0.4, -0.2) is 64.2 Å². The summed E-state index contributed by atoms with van der Waals surface area (Å²) >= 11 is 0. The van der Waals surface area contributed by atoms with E-state index in [0.29, 0.717) is 12.3 Å². The minimum Gasteiger partial charge on any atom is -0.370 e. The molecule has 150 valence electrons. The zero-order chi connectivity index (χ0) is 19.8. The lowest BCUT2D eigenvalue weighted by Crippen LogP contribution is -2.51. The number of fused-ring (bicyclic) bond motifs is 1. The van der Waals surface area contributed by atoms with Gasteiger partial charge in [-0.3, -0.25) is 14.3 Å². The topological polar surface area (TPSA) is 67.7 Å². The summed E-state index contributed by atoms with van der Waals surface area (Å²) in [5, 5.41) is 4.46. The lowest BCUT2D eigenvalue weighted by Gasteiger charge is -2.44. The van der Waals surface area contributed by atoms with Gasteiger partial charge in [-0.1, -0.05) is 13.8 Å². The van der Waals surface area contributed by atoms with Gasteiger partial charge < -0.3 is 14.5 Å². The van der Waals surface area contributed by atoms with Crippen molar-refractivity contribution in [2.75, 3.05) is 27.2 Å². The van der Waals surface area contributed by atoms with Crippen LogP contribution in [0.1, 0.15) is 61.3 Å². The molecule has 0 N–H and O–H groups in total. The number of aryl methyl sites for hydroxylation is 1. The third-order valence-corrected chi connectivity index (χ3v) is 6.22. The van der Waals surface area contributed by atoms with Gasteiger partial charge in [0, 0.05) is 57.8 Å². The molecule has 1 aromatic rings. The molecule has 2 aliphatic rings. The summed E-state index contributed by atoms with van der Waals surface area (Å²) in [6.45, 7) is 6.06. The van der Waals surface area contributed by atoms with Gasteiger partial charge in [0.25, 0.3) is 5.91 Å². The van der Waals surface area contributed by atoms with Crippen LogP contribution < -0.4 is 0 Å². The summed E-state index contributed by atoms with van der Waals surface area (Å²) in [5.41, 5.74) is 2.25. The van der Waals surface area contributed by atoms with Crippen molar-refractivity contribution in [3.8, 4) is 0 Å². The molecule has 0 aromatic carbocycles. The summed E-state index contributed by atoms with van der Waals surface area (Å²) in [4.78, 5) is 28.6. The fraction of sp³-hybridized carbons (Fsp3) is 0.750. The van der Waals surface area contributed by atoms with Crippen molar-refractivity contribution < 1.29 is 14.3 Å². The van der Waals surface area contributed by atoms with Crippen molar-refractivity contribution in [3.63, 3.8) is 0 Å². The van der Waals surface area contributed by atoms with Gasteiger partial charge >= 0.3 is 0 Å². The van der Waals surface area contributed by atoms with E-state index in [9.17, 15) is 9.59 Å². The lowest BCUT2D eigenvalue weighted by molar-refractivity contribution is -0.145. The predicted octanol–water partition coefficient (Wildman–Crippen LogP) is 1.99. The number of nitrogens with zero attached hydrogens (tertiary/aromatic N) is 4. The second-order valence-corrected chi connectivity index (χ2v) is 8.08. The second kappa shape index (κ2) is 7.62. The maximum Gasteiger partial charge on any atom is 0.274 e. The van der Waals surface area contributed by atoms with Gasteiger partial charge in [0.1, 0.15) is 0 Å². The van der Waals surface area contributed by atoms with Crippen molar-refractivity contribution in [1.29, 1.82) is 0 Å². The Morgan fingerprint density at radius 1 is 1.22 bits per heavy atom. The Morgan fingerprint density at radius 3 is 2.41 bits per heavy atom. The van der Waals surface area contributed by atoms with E-state index >= 15 is 0 Å². The molecule has 2 aliphatic heterocycles. The first kappa shape index (κ1) is 19.9. The van der Waals surface area contributed by atoms with Crippen molar-refractivity contribution in [2.45, 2.75) is 58.2 Å². The Bertz CT molecular complexity index is 713. The number of likely N-dealkylation sites (tertiary alicyclic amines) is 1. The SMILES string of the molecule is CCC(CC)C(=O)N1CCC2(CC1)Cc1c(c(C(=O)N(C)C)nn1C)CO2. The molecular formula is C20H32N4O3. The Kier molecular flexibility index (Phi) is 5.60. The maximum absolute atomic E-state index is 12.7. The van der Waals surface area contributed by atoms with Gasteiger partial charge in [-0.2, -0.15) is 5.10 Å².